The SMILES string of the molecule is O=c1ccc(-c2ccncc2)nn1CCN1CCN(c2ncc(Br)cn2)CC1. The van der Waals surface area contributed by atoms with Crippen LogP contribution in [0.15, 0.2) is 58.3 Å². The highest BCUT2D eigenvalue weighted by molar-refractivity contribution is 9.10. The van der Waals surface area contributed by atoms with Gasteiger partial charge in [0.2, 0.25) is 5.95 Å². The second-order valence-corrected chi connectivity index (χ2v) is 7.46. The molecule has 0 aromatic carbocycles. The van der Waals surface area contributed by atoms with Gasteiger partial charge in [-0.25, -0.2) is 14.6 Å². The van der Waals surface area contributed by atoms with E-state index in [0.717, 1.165) is 54.4 Å². The molecule has 9 heteroatoms. The summed E-state index contributed by atoms with van der Waals surface area (Å²) in [5.41, 5.74) is 1.64. The molecule has 0 radical (unpaired) electrons. The lowest BCUT2D eigenvalue weighted by atomic mass is 10.2. The van der Waals surface area contributed by atoms with Gasteiger partial charge in [0.15, 0.2) is 0 Å². The molecule has 0 atom stereocenters. The Morgan fingerprint density at radius 3 is 2.36 bits per heavy atom. The Kier molecular flexibility index (Phi) is 5.73. The Labute approximate surface area is 171 Å². The van der Waals surface area contributed by atoms with Crippen LogP contribution in [-0.4, -0.2) is 62.4 Å². The first-order chi connectivity index (χ1) is 13.7. The number of aromatic nitrogens is 5. The Morgan fingerprint density at radius 1 is 0.929 bits per heavy atom. The van der Waals surface area contributed by atoms with Crippen molar-refractivity contribution < 1.29 is 0 Å². The molecule has 1 fully saturated rings. The molecule has 8 nitrogen and oxygen atoms in total. The number of hydrogen-bond donors (Lipinski definition) is 0. The molecule has 0 saturated carbocycles. The van der Waals surface area contributed by atoms with Gasteiger partial charge in [0.25, 0.3) is 5.56 Å². The summed E-state index contributed by atoms with van der Waals surface area (Å²) in [5.74, 6) is 0.755. The first-order valence-electron chi connectivity index (χ1n) is 9.12. The summed E-state index contributed by atoms with van der Waals surface area (Å²) >= 11 is 3.36. The van der Waals surface area contributed by atoms with Crippen molar-refractivity contribution in [2.45, 2.75) is 6.54 Å². The maximum absolute atomic E-state index is 12.2. The molecular weight excluding hydrogens is 422 g/mol. The fourth-order valence-corrected chi connectivity index (χ4v) is 3.37. The summed E-state index contributed by atoms with van der Waals surface area (Å²) in [4.78, 5) is 29.4. The zero-order chi connectivity index (χ0) is 19.3. The lowest BCUT2D eigenvalue weighted by Crippen LogP contribution is -2.48. The van der Waals surface area contributed by atoms with E-state index in [4.69, 9.17) is 0 Å². The smallest absolute Gasteiger partial charge is 0.266 e. The van der Waals surface area contributed by atoms with Crippen LogP contribution in [0.1, 0.15) is 0 Å². The second-order valence-electron chi connectivity index (χ2n) is 6.55. The quantitative estimate of drug-likeness (QED) is 0.595. The second kappa shape index (κ2) is 8.57. The number of hydrogen-bond acceptors (Lipinski definition) is 7. The van der Waals surface area contributed by atoms with Gasteiger partial charge in [-0.15, -0.1) is 0 Å². The number of piperazine rings is 1. The van der Waals surface area contributed by atoms with Crippen molar-refractivity contribution in [1.82, 2.24) is 29.6 Å². The van der Waals surface area contributed by atoms with E-state index in [9.17, 15) is 4.79 Å². The maximum atomic E-state index is 12.2. The van der Waals surface area contributed by atoms with Gasteiger partial charge in [0.1, 0.15) is 0 Å². The van der Waals surface area contributed by atoms with Crippen molar-refractivity contribution in [3.63, 3.8) is 0 Å². The highest BCUT2D eigenvalue weighted by Crippen LogP contribution is 2.14. The topological polar surface area (TPSA) is 80.0 Å². The van der Waals surface area contributed by atoms with Crippen molar-refractivity contribution in [1.29, 1.82) is 0 Å². The minimum atomic E-state index is -0.0836. The largest absolute Gasteiger partial charge is 0.338 e. The standard InChI is InChI=1S/C19H20BrN7O/c20-16-13-22-19(23-14-16)26-10-7-25(8-11-26)9-12-27-18(28)2-1-17(24-27)15-3-5-21-6-4-15/h1-6,13-14H,7-12H2. The first-order valence-corrected chi connectivity index (χ1v) is 9.92. The molecule has 0 aliphatic carbocycles. The van der Waals surface area contributed by atoms with Crippen LogP contribution in [0.2, 0.25) is 0 Å². The number of pyridine rings is 1. The third kappa shape index (κ3) is 4.42. The van der Waals surface area contributed by atoms with Crippen LogP contribution in [0, 0.1) is 0 Å². The molecule has 1 aliphatic heterocycles. The summed E-state index contributed by atoms with van der Waals surface area (Å²) in [6.45, 7) is 4.87. The molecule has 1 saturated heterocycles. The molecule has 1 aliphatic rings. The Balaban J connectivity index is 1.35. The first kappa shape index (κ1) is 18.7. The lowest BCUT2D eigenvalue weighted by Gasteiger charge is -2.34. The fraction of sp³-hybridized carbons (Fsp3) is 0.316. The molecule has 28 heavy (non-hydrogen) atoms. The van der Waals surface area contributed by atoms with E-state index in [0.29, 0.717) is 6.54 Å². The monoisotopic (exact) mass is 441 g/mol. The Morgan fingerprint density at radius 2 is 1.64 bits per heavy atom. The molecule has 4 heterocycles. The van der Waals surface area contributed by atoms with Crippen molar-refractivity contribution in [3.8, 4) is 11.3 Å². The summed E-state index contributed by atoms with van der Waals surface area (Å²) in [5, 5.41) is 4.51. The van der Waals surface area contributed by atoms with E-state index < -0.39 is 0 Å². The molecule has 144 valence electrons. The zero-order valence-corrected chi connectivity index (χ0v) is 16.9. The van der Waals surface area contributed by atoms with Crippen molar-refractivity contribution in [3.05, 3.63) is 63.9 Å². The molecule has 0 N–H and O–H groups in total. The number of anilines is 1. The van der Waals surface area contributed by atoms with Crippen LogP contribution < -0.4 is 10.5 Å². The van der Waals surface area contributed by atoms with Gasteiger partial charge in [-0.1, -0.05) is 0 Å². The highest BCUT2D eigenvalue weighted by Gasteiger charge is 2.19. The van der Waals surface area contributed by atoms with E-state index in [1.165, 1.54) is 0 Å². The number of halogens is 1. The highest BCUT2D eigenvalue weighted by atomic mass is 79.9. The lowest BCUT2D eigenvalue weighted by molar-refractivity contribution is 0.242. The fourth-order valence-electron chi connectivity index (χ4n) is 3.16. The van der Waals surface area contributed by atoms with Crippen molar-refractivity contribution >= 4 is 21.9 Å². The van der Waals surface area contributed by atoms with E-state index in [-0.39, 0.29) is 5.56 Å². The van der Waals surface area contributed by atoms with E-state index in [1.54, 1.807) is 41.6 Å². The number of rotatable bonds is 5. The molecule has 0 amide bonds. The summed E-state index contributed by atoms with van der Waals surface area (Å²) < 4.78 is 2.42. The van der Waals surface area contributed by atoms with E-state index in [2.05, 4.69) is 45.8 Å². The minimum Gasteiger partial charge on any atom is -0.338 e. The van der Waals surface area contributed by atoms with Gasteiger partial charge >= 0.3 is 0 Å². The molecule has 0 bridgehead atoms. The maximum Gasteiger partial charge on any atom is 0.266 e. The molecule has 0 spiro atoms. The van der Waals surface area contributed by atoms with Gasteiger partial charge in [0.05, 0.1) is 16.7 Å². The molecular formula is C19H20BrN7O. The molecule has 0 unspecified atom stereocenters. The predicted molar refractivity (Wildman–Crippen MR) is 110 cm³/mol. The molecule has 4 rings (SSSR count). The zero-order valence-electron chi connectivity index (χ0n) is 15.3. The average Bonchev–Trinajstić information content (AvgIpc) is 2.75. The van der Waals surface area contributed by atoms with Crippen molar-refractivity contribution in [2.24, 2.45) is 0 Å². The van der Waals surface area contributed by atoms with Crippen LogP contribution in [0.3, 0.4) is 0 Å². The minimum absolute atomic E-state index is 0.0836. The third-order valence-electron chi connectivity index (χ3n) is 4.73. The molecule has 3 aromatic rings. The van der Waals surface area contributed by atoms with E-state index >= 15 is 0 Å². The summed E-state index contributed by atoms with van der Waals surface area (Å²) in [6, 6.07) is 7.11. The Hall–Kier alpha value is -2.65. The van der Waals surface area contributed by atoms with Crippen molar-refractivity contribution in [2.75, 3.05) is 37.6 Å². The normalized spacial score (nSPS) is 15.0. The van der Waals surface area contributed by atoms with Crippen LogP contribution in [0.25, 0.3) is 11.3 Å². The van der Waals surface area contributed by atoms with E-state index in [1.807, 2.05) is 12.1 Å². The van der Waals surface area contributed by atoms with Gasteiger partial charge in [-0.05, 0) is 34.1 Å². The van der Waals surface area contributed by atoms with Gasteiger partial charge in [-0.2, -0.15) is 5.10 Å². The van der Waals surface area contributed by atoms with Crippen LogP contribution in [0.4, 0.5) is 5.95 Å². The van der Waals surface area contributed by atoms with Gasteiger partial charge in [0, 0.05) is 69.1 Å². The third-order valence-corrected chi connectivity index (χ3v) is 5.14. The predicted octanol–water partition coefficient (Wildman–Crippen LogP) is 1.68. The van der Waals surface area contributed by atoms with Crippen LogP contribution in [-0.2, 0) is 6.54 Å². The summed E-state index contributed by atoms with van der Waals surface area (Å²) in [6.07, 6.45) is 6.98. The van der Waals surface area contributed by atoms with Crippen LogP contribution in [0.5, 0.6) is 0 Å². The van der Waals surface area contributed by atoms with Gasteiger partial charge in [-0.3, -0.25) is 14.7 Å². The summed E-state index contributed by atoms with van der Waals surface area (Å²) in [7, 11) is 0. The Bertz CT molecular complexity index is 970. The average molecular weight is 442 g/mol. The molecule has 3 aromatic heterocycles. The number of nitrogens with zero attached hydrogens (tertiary/aromatic N) is 7. The van der Waals surface area contributed by atoms with Gasteiger partial charge < -0.3 is 4.90 Å². The van der Waals surface area contributed by atoms with Crippen LogP contribution >= 0.6 is 15.9 Å².